The molecule has 0 bridgehead atoms. The lowest BCUT2D eigenvalue weighted by atomic mass is 10.0. The fourth-order valence-corrected chi connectivity index (χ4v) is 2.98. The molecule has 0 saturated heterocycles. The molecule has 1 aromatic heterocycles. The standard InChI is InChI=1S/C19H17N3O3/c1-24-16-8-4-3-7-13(16)15-10-18(22-21-15)20-19(23)14-11-25-17-9-5-2-6-12(14)17/h2-10,14H,11H2,1H3,(H2,20,21,22,23)/t14-/m1/s1. The minimum absolute atomic E-state index is 0.136. The van der Waals surface area contributed by atoms with Crippen molar-refractivity contribution in [3.63, 3.8) is 0 Å². The van der Waals surface area contributed by atoms with Crippen molar-refractivity contribution in [1.82, 2.24) is 10.2 Å². The highest BCUT2D eigenvalue weighted by molar-refractivity contribution is 5.96. The molecule has 0 spiro atoms. The van der Waals surface area contributed by atoms with Gasteiger partial charge in [-0.3, -0.25) is 9.89 Å². The van der Waals surface area contributed by atoms with Gasteiger partial charge in [-0.15, -0.1) is 0 Å². The highest BCUT2D eigenvalue weighted by Crippen LogP contribution is 2.34. The number of methoxy groups -OCH3 is 1. The van der Waals surface area contributed by atoms with Gasteiger partial charge in [0.25, 0.3) is 0 Å². The Bertz CT molecular complexity index is 920. The number of anilines is 1. The third-order valence-corrected chi connectivity index (χ3v) is 4.24. The summed E-state index contributed by atoms with van der Waals surface area (Å²) in [5.41, 5.74) is 2.56. The van der Waals surface area contributed by atoms with Gasteiger partial charge >= 0.3 is 0 Å². The molecule has 4 rings (SSSR count). The summed E-state index contributed by atoms with van der Waals surface area (Å²) in [4.78, 5) is 12.6. The Morgan fingerprint density at radius 1 is 1.24 bits per heavy atom. The maximum atomic E-state index is 12.6. The fourth-order valence-electron chi connectivity index (χ4n) is 2.98. The van der Waals surface area contributed by atoms with Crippen LogP contribution < -0.4 is 14.8 Å². The molecular formula is C19H17N3O3. The van der Waals surface area contributed by atoms with Crippen molar-refractivity contribution in [2.75, 3.05) is 19.0 Å². The number of fused-ring (bicyclic) bond motifs is 1. The van der Waals surface area contributed by atoms with E-state index in [2.05, 4.69) is 15.5 Å². The molecule has 1 atom stereocenters. The first-order valence-corrected chi connectivity index (χ1v) is 7.97. The van der Waals surface area contributed by atoms with E-state index in [1.54, 1.807) is 13.2 Å². The molecular weight excluding hydrogens is 318 g/mol. The number of aromatic amines is 1. The number of ether oxygens (including phenoxy) is 2. The maximum absolute atomic E-state index is 12.6. The minimum atomic E-state index is -0.331. The normalized spacial score (nSPS) is 15.3. The van der Waals surface area contributed by atoms with Crippen LogP contribution in [-0.2, 0) is 4.79 Å². The van der Waals surface area contributed by atoms with Crippen molar-refractivity contribution in [3.8, 4) is 22.8 Å². The van der Waals surface area contributed by atoms with Gasteiger partial charge in [-0.1, -0.05) is 30.3 Å². The Morgan fingerprint density at radius 3 is 2.92 bits per heavy atom. The summed E-state index contributed by atoms with van der Waals surface area (Å²) in [7, 11) is 1.62. The molecule has 25 heavy (non-hydrogen) atoms. The van der Waals surface area contributed by atoms with Crippen LogP contribution in [0.2, 0.25) is 0 Å². The first kappa shape index (κ1) is 15.3. The summed E-state index contributed by atoms with van der Waals surface area (Å²) < 4.78 is 10.9. The van der Waals surface area contributed by atoms with E-state index in [0.29, 0.717) is 12.4 Å². The first-order valence-electron chi connectivity index (χ1n) is 7.97. The molecule has 0 unspecified atom stereocenters. The largest absolute Gasteiger partial charge is 0.496 e. The predicted molar refractivity (Wildman–Crippen MR) is 93.9 cm³/mol. The van der Waals surface area contributed by atoms with Crippen LogP contribution in [0, 0.1) is 0 Å². The van der Waals surface area contributed by atoms with E-state index in [-0.39, 0.29) is 11.8 Å². The monoisotopic (exact) mass is 335 g/mol. The topological polar surface area (TPSA) is 76.2 Å². The van der Waals surface area contributed by atoms with Crippen LogP contribution in [0.15, 0.2) is 54.6 Å². The maximum Gasteiger partial charge on any atom is 0.236 e. The first-order chi connectivity index (χ1) is 12.3. The highest BCUT2D eigenvalue weighted by atomic mass is 16.5. The van der Waals surface area contributed by atoms with Crippen LogP contribution in [0.4, 0.5) is 5.82 Å². The number of nitrogens with one attached hydrogen (secondary N) is 2. The number of para-hydroxylation sites is 2. The molecule has 6 nitrogen and oxygen atoms in total. The van der Waals surface area contributed by atoms with Gasteiger partial charge in [-0.05, 0) is 18.2 Å². The lowest BCUT2D eigenvalue weighted by Gasteiger charge is -2.08. The summed E-state index contributed by atoms with van der Waals surface area (Å²) in [5, 5.41) is 9.97. The van der Waals surface area contributed by atoms with Crippen LogP contribution in [0.1, 0.15) is 11.5 Å². The Balaban J connectivity index is 1.53. The van der Waals surface area contributed by atoms with E-state index in [9.17, 15) is 4.79 Å². The zero-order chi connectivity index (χ0) is 17.2. The quantitative estimate of drug-likeness (QED) is 0.768. The van der Waals surface area contributed by atoms with Crippen LogP contribution >= 0.6 is 0 Å². The predicted octanol–water partition coefficient (Wildman–Crippen LogP) is 3.20. The van der Waals surface area contributed by atoms with Gasteiger partial charge in [0.15, 0.2) is 5.82 Å². The van der Waals surface area contributed by atoms with Crippen molar-refractivity contribution in [1.29, 1.82) is 0 Å². The molecule has 1 aliphatic heterocycles. The Labute approximate surface area is 144 Å². The number of carbonyl (C=O) groups excluding carboxylic acids is 1. The van der Waals surface area contributed by atoms with E-state index in [0.717, 1.165) is 28.3 Å². The van der Waals surface area contributed by atoms with Crippen molar-refractivity contribution in [3.05, 3.63) is 60.2 Å². The second kappa shape index (κ2) is 6.32. The van der Waals surface area contributed by atoms with E-state index in [4.69, 9.17) is 9.47 Å². The summed E-state index contributed by atoms with van der Waals surface area (Å²) in [6.07, 6.45) is 0. The van der Waals surface area contributed by atoms with Crippen molar-refractivity contribution < 1.29 is 14.3 Å². The van der Waals surface area contributed by atoms with Gasteiger partial charge < -0.3 is 14.8 Å². The van der Waals surface area contributed by atoms with E-state index < -0.39 is 0 Å². The second-order valence-corrected chi connectivity index (χ2v) is 5.76. The number of hydrogen-bond donors (Lipinski definition) is 2. The molecule has 6 heteroatoms. The number of hydrogen-bond acceptors (Lipinski definition) is 4. The van der Waals surface area contributed by atoms with E-state index in [1.807, 2.05) is 48.5 Å². The van der Waals surface area contributed by atoms with Crippen LogP contribution in [-0.4, -0.2) is 29.8 Å². The Kier molecular flexibility index (Phi) is 3.85. The number of amides is 1. The van der Waals surface area contributed by atoms with Gasteiger partial charge in [0.1, 0.15) is 24.0 Å². The van der Waals surface area contributed by atoms with Gasteiger partial charge in [-0.2, -0.15) is 5.10 Å². The van der Waals surface area contributed by atoms with E-state index in [1.165, 1.54) is 0 Å². The van der Waals surface area contributed by atoms with Gasteiger partial charge in [-0.25, -0.2) is 0 Å². The number of nitrogens with zero attached hydrogens (tertiary/aromatic N) is 1. The number of aromatic nitrogens is 2. The average Bonchev–Trinajstić information content (AvgIpc) is 3.28. The van der Waals surface area contributed by atoms with Crippen molar-refractivity contribution in [2.45, 2.75) is 5.92 Å². The van der Waals surface area contributed by atoms with Crippen LogP contribution in [0.25, 0.3) is 11.3 Å². The summed E-state index contributed by atoms with van der Waals surface area (Å²) in [6.45, 7) is 0.342. The number of H-pyrrole nitrogens is 1. The van der Waals surface area contributed by atoms with Crippen LogP contribution in [0.3, 0.4) is 0 Å². The smallest absolute Gasteiger partial charge is 0.236 e. The summed E-state index contributed by atoms with van der Waals surface area (Å²) >= 11 is 0. The van der Waals surface area contributed by atoms with Gasteiger partial charge in [0, 0.05) is 17.2 Å². The summed E-state index contributed by atoms with van der Waals surface area (Å²) in [5.74, 6) is 1.50. The number of rotatable bonds is 4. The molecule has 0 radical (unpaired) electrons. The Morgan fingerprint density at radius 2 is 2.04 bits per heavy atom. The number of benzene rings is 2. The fraction of sp³-hybridized carbons (Fsp3) is 0.158. The third-order valence-electron chi connectivity index (χ3n) is 4.24. The van der Waals surface area contributed by atoms with Crippen molar-refractivity contribution >= 4 is 11.7 Å². The molecule has 2 N–H and O–H groups in total. The molecule has 0 aliphatic carbocycles. The molecule has 1 aliphatic rings. The third kappa shape index (κ3) is 2.82. The molecule has 0 fully saturated rings. The minimum Gasteiger partial charge on any atom is -0.496 e. The lowest BCUT2D eigenvalue weighted by molar-refractivity contribution is -0.117. The van der Waals surface area contributed by atoms with Gasteiger partial charge in [0.2, 0.25) is 5.91 Å². The van der Waals surface area contributed by atoms with Crippen molar-refractivity contribution in [2.24, 2.45) is 0 Å². The average molecular weight is 335 g/mol. The number of carbonyl (C=O) groups is 1. The molecule has 2 aromatic carbocycles. The second-order valence-electron chi connectivity index (χ2n) is 5.76. The lowest BCUT2D eigenvalue weighted by Crippen LogP contribution is -2.22. The van der Waals surface area contributed by atoms with E-state index >= 15 is 0 Å². The van der Waals surface area contributed by atoms with Crippen LogP contribution in [0.5, 0.6) is 11.5 Å². The zero-order valence-corrected chi connectivity index (χ0v) is 13.7. The highest BCUT2D eigenvalue weighted by Gasteiger charge is 2.30. The zero-order valence-electron chi connectivity index (χ0n) is 13.7. The Hall–Kier alpha value is -3.28. The molecule has 3 aromatic rings. The molecule has 126 valence electrons. The SMILES string of the molecule is COc1ccccc1-c1cc(NC(=O)[C@@H]2COc3ccccc32)n[nH]1. The summed E-state index contributed by atoms with van der Waals surface area (Å²) in [6, 6.07) is 17.0. The molecule has 1 amide bonds. The molecule has 0 saturated carbocycles. The molecule has 2 heterocycles. The van der Waals surface area contributed by atoms with Gasteiger partial charge in [0.05, 0.1) is 12.8 Å².